The molecule has 0 bridgehead atoms. The van der Waals surface area contributed by atoms with E-state index in [0.29, 0.717) is 0 Å². The number of carbonyl (C=O) groups excluding carboxylic acids is 3. The number of carboxylic acid groups (broad SMARTS) is 4. The molecule has 2 atom stereocenters. The van der Waals surface area contributed by atoms with Crippen LogP contribution >= 0.6 is 0 Å². The Morgan fingerprint density at radius 2 is 0.938 bits per heavy atom. The zero-order chi connectivity index (χ0) is 11.9. The maximum absolute atomic E-state index is 9.63. The molecule has 0 amide bonds. The van der Waals surface area contributed by atoms with Crippen molar-refractivity contribution in [2.75, 3.05) is 0 Å². The van der Waals surface area contributed by atoms with E-state index in [-0.39, 0.29) is 68.4 Å². The third-order valence-corrected chi connectivity index (χ3v) is 0.782. The molecule has 0 spiro atoms. The molecule has 2 N–H and O–H groups in total. The molecule has 0 fully saturated rings. The van der Waals surface area contributed by atoms with Crippen molar-refractivity contribution < 1.29 is 64.5 Å². The predicted octanol–water partition coefficient (Wildman–Crippen LogP) is -7.62. The van der Waals surface area contributed by atoms with E-state index >= 15 is 0 Å². The first-order valence-electron chi connectivity index (χ1n) is 2.86. The summed E-state index contributed by atoms with van der Waals surface area (Å²) < 4.78 is 0. The van der Waals surface area contributed by atoms with E-state index < -0.39 is 30.3 Å². The van der Waals surface area contributed by atoms with Crippen LogP contribution in [-0.4, -0.2) is 89.4 Å². The summed E-state index contributed by atoms with van der Waals surface area (Å²) in [5.41, 5.74) is 0. The van der Waals surface area contributed by atoms with Crippen LogP contribution in [0.1, 0.15) is 0 Å². The second kappa shape index (κ2) is 13.4. The Morgan fingerprint density at radius 3 is 1.00 bits per heavy atom. The van der Waals surface area contributed by atoms with Gasteiger partial charge in [0, 0.05) is 0 Å². The SMILES string of the molecule is O=C([O-])C(O)C(O)C(=O)[O-].O=C([O-])[O-].[Ba+2].[Zn+2]. The van der Waals surface area contributed by atoms with Gasteiger partial charge < -0.3 is 45.0 Å². The summed E-state index contributed by atoms with van der Waals surface area (Å²) >= 11 is 0. The molecule has 0 saturated carbocycles. The number of hydrogen-bond donors (Lipinski definition) is 2. The molecular weight excluding hydrogens is 407 g/mol. The molecule has 0 aromatic rings. The fraction of sp³-hybridized carbons (Fsp3) is 0.400. The monoisotopic (exact) mass is 410 g/mol. The second-order valence-corrected chi connectivity index (χ2v) is 1.78. The number of aliphatic carboxylic acids is 2. The van der Waals surface area contributed by atoms with Crippen molar-refractivity contribution in [2.24, 2.45) is 0 Å². The minimum atomic E-state index is -2.44. The van der Waals surface area contributed by atoms with E-state index in [1.54, 1.807) is 0 Å². The third kappa shape index (κ3) is 16.7. The van der Waals surface area contributed by atoms with Gasteiger partial charge in [0.2, 0.25) is 0 Å². The van der Waals surface area contributed by atoms with Gasteiger partial charge in [-0.25, -0.2) is 0 Å². The molecule has 2 unspecified atom stereocenters. The minimum Gasteiger partial charge on any atom is -0.652 e. The van der Waals surface area contributed by atoms with E-state index in [9.17, 15) is 19.8 Å². The molecule has 0 radical (unpaired) electrons. The van der Waals surface area contributed by atoms with Gasteiger partial charge in [-0.15, -0.1) is 0 Å². The number of carbonyl (C=O) groups is 3. The molecule has 0 heterocycles. The van der Waals surface area contributed by atoms with Crippen molar-refractivity contribution in [2.45, 2.75) is 12.2 Å². The smallest absolute Gasteiger partial charge is 0.652 e. The number of hydrogen-bond acceptors (Lipinski definition) is 9. The van der Waals surface area contributed by atoms with Crippen molar-refractivity contribution in [3.8, 4) is 0 Å². The molecule has 82 valence electrons. The molecule has 11 heteroatoms. The summed E-state index contributed by atoms with van der Waals surface area (Å²) in [5, 5.41) is 52.4. The Labute approximate surface area is 142 Å². The zero-order valence-electron chi connectivity index (χ0n) is 7.82. The molecule has 0 rings (SSSR count). The number of rotatable bonds is 3. The van der Waals surface area contributed by atoms with E-state index in [4.69, 9.17) is 25.2 Å². The van der Waals surface area contributed by atoms with Gasteiger partial charge in [0.1, 0.15) is 12.2 Å². The normalized spacial score (nSPS) is 11.4. The maximum Gasteiger partial charge on any atom is 2.00 e. The van der Waals surface area contributed by atoms with Crippen LogP contribution in [0.25, 0.3) is 0 Å². The van der Waals surface area contributed by atoms with Crippen LogP contribution in [0.15, 0.2) is 0 Å². The summed E-state index contributed by atoms with van der Waals surface area (Å²) in [5.74, 6) is -4.12. The molecule has 0 aliphatic heterocycles. The summed E-state index contributed by atoms with van der Waals surface area (Å²) in [7, 11) is 0. The Morgan fingerprint density at radius 1 is 0.812 bits per heavy atom. The fourth-order valence-electron chi connectivity index (χ4n) is 0.258. The molecule has 0 aliphatic rings. The van der Waals surface area contributed by atoms with Crippen LogP contribution in [-0.2, 0) is 29.1 Å². The van der Waals surface area contributed by atoms with Gasteiger partial charge in [-0.05, 0) is 6.16 Å². The van der Waals surface area contributed by atoms with Gasteiger partial charge in [0.05, 0.1) is 11.9 Å². The summed E-state index contributed by atoms with van der Waals surface area (Å²) in [6.45, 7) is 0. The quantitative estimate of drug-likeness (QED) is 0.426. The van der Waals surface area contributed by atoms with Crippen LogP contribution in [0.5, 0.6) is 0 Å². The summed E-state index contributed by atoms with van der Waals surface area (Å²) in [6.07, 6.45) is -7.21. The zero-order valence-corrected chi connectivity index (χ0v) is 15.2. The van der Waals surface area contributed by atoms with Crippen LogP contribution in [0, 0.1) is 0 Å². The topological polar surface area (TPSA) is 184 Å². The number of carboxylic acids is 2. The first-order valence-corrected chi connectivity index (χ1v) is 2.86. The van der Waals surface area contributed by atoms with E-state index in [1.807, 2.05) is 0 Å². The van der Waals surface area contributed by atoms with Crippen molar-refractivity contribution >= 4 is 67.0 Å². The van der Waals surface area contributed by atoms with Gasteiger partial charge in [-0.2, -0.15) is 0 Å². The first-order chi connectivity index (χ1) is 6.20. The third-order valence-electron chi connectivity index (χ3n) is 0.782. The molecule has 0 aromatic heterocycles. The molecule has 9 nitrogen and oxygen atoms in total. The van der Waals surface area contributed by atoms with Crippen LogP contribution in [0.2, 0.25) is 0 Å². The Bertz CT molecular complexity index is 210. The molecule has 0 saturated heterocycles. The van der Waals surface area contributed by atoms with Crippen molar-refractivity contribution in [1.29, 1.82) is 0 Å². The van der Waals surface area contributed by atoms with Gasteiger partial charge in [-0.3, -0.25) is 0 Å². The molecule has 0 aliphatic carbocycles. The van der Waals surface area contributed by atoms with Crippen molar-refractivity contribution in [3.05, 3.63) is 0 Å². The molecule has 16 heavy (non-hydrogen) atoms. The van der Waals surface area contributed by atoms with Gasteiger partial charge >= 0.3 is 68.4 Å². The van der Waals surface area contributed by atoms with E-state index in [1.165, 1.54) is 0 Å². The van der Waals surface area contributed by atoms with E-state index in [2.05, 4.69) is 0 Å². The predicted molar refractivity (Wildman–Crippen MR) is 33.2 cm³/mol. The average Bonchev–Trinajstić information content (AvgIpc) is 2.00. The number of aliphatic hydroxyl groups is 2. The fourth-order valence-corrected chi connectivity index (χ4v) is 0.258. The van der Waals surface area contributed by atoms with E-state index in [0.717, 1.165) is 0 Å². The summed E-state index contributed by atoms with van der Waals surface area (Å²) in [4.78, 5) is 27.6. The largest absolute Gasteiger partial charge is 2.00 e. The van der Waals surface area contributed by atoms with Crippen molar-refractivity contribution in [1.82, 2.24) is 0 Å². The Hall–Kier alpha value is 0.325. The Balaban J connectivity index is -0.000000105. The van der Waals surface area contributed by atoms with Crippen LogP contribution < -0.4 is 20.4 Å². The summed E-state index contributed by atoms with van der Waals surface area (Å²) in [6, 6.07) is 0. The van der Waals surface area contributed by atoms with Crippen LogP contribution in [0.3, 0.4) is 0 Å². The molecule has 0 aromatic carbocycles. The molecular formula is C5H4BaO9Zn. The van der Waals surface area contributed by atoms with Gasteiger partial charge in [-0.1, -0.05) is 0 Å². The second-order valence-electron chi connectivity index (χ2n) is 1.78. The maximum atomic E-state index is 9.63. The Kier molecular flexibility index (Phi) is 21.1. The van der Waals surface area contributed by atoms with Crippen molar-refractivity contribution in [3.63, 3.8) is 0 Å². The number of aliphatic hydroxyl groups excluding tert-OH is 2. The standard InChI is InChI=1S/C4H6O6.CH2O3.Ba.Zn/c5-1(3(7)8)2(6)4(9)10;2-1(3)4;;/h1-2,5-6H,(H,7,8)(H,9,10);(H2,2,3,4);;/q;;2*+2/p-4. The minimum absolute atomic E-state index is 0. The first kappa shape index (κ1) is 25.2. The van der Waals surface area contributed by atoms with Gasteiger partial charge in [0.15, 0.2) is 0 Å². The average molecular weight is 411 g/mol. The van der Waals surface area contributed by atoms with Crippen LogP contribution in [0.4, 0.5) is 4.79 Å². The van der Waals surface area contributed by atoms with Gasteiger partial charge in [0.25, 0.3) is 0 Å².